The van der Waals surface area contributed by atoms with Gasteiger partial charge in [-0.3, -0.25) is 9.78 Å². The van der Waals surface area contributed by atoms with Gasteiger partial charge < -0.3 is 11.1 Å². The summed E-state index contributed by atoms with van der Waals surface area (Å²) in [4.78, 5) is 16.3. The van der Waals surface area contributed by atoms with E-state index >= 15 is 0 Å². The summed E-state index contributed by atoms with van der Waals surface area (Å²) in [6.45, 7) is 2.50. The van der Waals surface area contributed by atoms with Gasteiger partial charge in [-0.1, -0.05) is 24.3 Å². The molecule has 0 saturated carbocycles. The number of nitrogens with two attached hydrogens (primary N) is 1. The van der Waals surface area contributed by atoms with Gasteiger partial charge in [0.25, 0.3) is 5.91 Å². The summed E-state index contributed by atoms with van der Waals surface area (Å²) in [5.41, 5.74) is 5.94. The van der Waals surface area contributed by atoms with Gasteiger partial charge in [0.1, 0.15) is 5.69 Å². The van der Waals surface area contributed by atoms with Crippen LogP contribution in [0, 0.1) is 0 Å². The lowest BCUT2D eigenvalue weighted by molar-refractivity contribution is 0.0936. The SMILES string of the molecule is CC(CCN)NC(=O)c1nccc2ccccc12. The number of nitrogens with one attached hydrogen (secondary N) is 1. The van der Waals surface area contributed by atoms with Crippen LogP contribution in [0.2, 0.25) is 0 Å². The lowest BCUT2D eigenvalue weighted by Crippen LogP contribution is -2.34. The first-order valence-electron chi connectivity index (χ1n) is 6.07. The molecule has 0 bridgehead atoms. The lowest BCUT2D eigenvalue weighted by atomic mass is 10.1. The summed E-state index contributed by atoms with van der Waals surface area (Å²) in [7, 11) is 0. The summed E-state index contributed by atoms with van der Waals surface area (Å²) >= 11 is 0. The summed E-state index contributed by atoms with van der Waals surface area (Å²) in [5, 5.41) is 4.80. The number of benzene rings is 1. The van der Waals surface area contributed by atoms with Crippen molar-refractivity contribution in [1.29, 1.82) is 0 Å². The van der Waals surface area contributed by atoms with E-state index in [1.54, 1.807) is 6.20 Å². The molecule has 1 heterocycles. The molecule has 1 amide bonds. The number of pyridine rings is 1. The second-order valence-electron chi connectivity index (χ2n) is 4.33. The summed E-state index contributed by atoms with van der Waals surface area (Å²) in [6, 6.07) is 9.69. The third kappa shape index (κ3) is 2.65. The molecule has 0 aliphatic heterocycles. The lowest BCUT2D eigenvalue weighted by Gasteiger charge is -2.13. The average molecular weight is 243 g/mol. The Bertz CT molecular complexity index is 548. The molecule has 0 aliphatic carbocycles. The van der Waals surface area contributed by atoms with Crippen molar-refractivity contribution in [2.45, 2.75) is 19.4 Å². The van der Waals surface area contributed by atoms with Gasteiger partial charge in [-0.15, -0.1) is 0 Å². The minimum absolute atomic E-state index is 0.0586. The van der Waals surface area contributed by atoms with Gasteiger partial charge in [0.05, 0.1) is 0 Å². The largest absolute Gasteiger partial charge is 0.348 e. The molecule has 0 saturated heterocycles. The highest BCUT2D eigenvalue weighted by atomic mass is 16.1. The number of hydrogen-bond donors (Lipinski definition) is 2. The third-order valence-corrected chi connectivity index (χ3v) is 2.87. The van der Waals surface area contributed by atoms with Gasteiger partial charge in [-0.05, 0) is 31.3 Å². The average Bonchev–Trinajstić information content (AvgIpc) is 2.38. The molecule has 4 heteroatoms. The first-order chi connectivity index (χ1) is 8.72. The Labute approximate surface area is 106 Å². The predicted octanol–water partition coefficient (Wildman–Crippen LogP) is 1.70. The molecule has 0 aliphatic rings. The summed E-state index contributed by atoms with van der Waals surface area (Å²) in [6.07, 6.45) is 2.42. The zero-order valence-electron chi connectivity index (χ0n) is 10.4. The highest BCUT2D eigenvalue weighted by molar-refractivity contribution is 6.05. The fraction of sp³-hybridized carbons (Fsp3) is 0.286. The summed E-state index contributed by atoms with van der Waals surface area (Å²) in [5.74, 6) is -0.146. The van der Waals surface area contributed by atoms with Crippen molar-refractivity contribution in [2.75, 3.05) is 6.54 Å². The van der Waals surface area contributed by atoms with E-state index in [4.69, 9.17) is 5.73 Å². The van der Waals surface area contributed by atoms with Crippen molar-refractivity contribution >= 4 is 16.7 Å². The maximum atomic E-state index is 12.1. The molecular weight excluding hydrogens is 226 g/mol. The highest BCUT2D eigenvalue weighted by Gasteiger charge is 2.13. The van der Waals surface area contributed by atoms with Gasteiger partial charge in [0.2, 0.25) is 0 Å². The van der Waals surface area contributed by atoms with Crippen molar-refractivity contribution in [3.63, 3.8) is 0 Å². The zero-order chi connectivity index (χ0) is 13.0. The Morgan fingerprint density at radius 3 is 2.94 bits per heavy atom. The first kappa shape index (κ1) is 12.5. The third-order valence-electron chi connectivity index (χ3n) is 2.87. The van der Waals surface area contributed by atoms with E-state index in [1.165, 1.54) is 0 Å². The molecule has 0 fully saturated rings. The number of amides is 1. The van der Waals surface area contributed by atoms with Crippen LogP contribution in [0.1, 0.15) is 23.8 Å². The van der Waals surface area contributed by atoms with Gasteiger partial charge in [0.15, 0.2) is 0 Å². The molecule has 2 rings (SSSR count). The first-order valence-corrected chi connectivity index (χ1v) is 6.07. The normalized spacial score (nSPS) is 12.3. The van der Waals surface area contributed by atoms with Crippen LogP contribution in [-0.2, 0) is 0 Å². The van der Waals surface area contributed by atoms with Gasteiger partial charge in [-0.25, -0.2) is 0 Å². The molecule has 1 unspecified atom stereocenters. The number of rotatable bonds is 4. The molecule has 4 nitrogen and oxygen atoms in total. The zero-order valence-corrected chi connectivity index (χ0v) is 10.4. The predicted molar refractivity (Wildman–Crippen MR) is 72.3 cm³/mol. The van der Waals surface area contributed by atoms with Crippen molar-refractivity contribution in [3.05, 3.63) is 42.2 Å². The van der Waals surface area contributed by atoms with E-state index in [0.717, 1.165) is 17.2 Å². The number of carbonyl (C=O) groups excluding carboxylic acids is 1. The molecule has 0 radical (unpaired) electrons. The number of carbonyl (C=O) groups is 1. The molecule has 1 aromatic carbocycles. The van der Waals surface area contributed by atoms with Crippen molar-refractivity contribution in [1.82, 2.24) is 10.3 Å². The van der Waals surface area contributed by atoms with E-state index in [-0.39, 0.29) is 11.9 Å². The fourth-order valence-corrected chi connectivity index (χ4v) is 1.91. The molecule has 2 aromatic rings. The van der Waals surface area contributed by atoms with Crippen LogP contribution >= 0.6 is 0 Å². The van der Waals surface area contributed by atoms with Gasteiger partial charge >= 0.3 is 0 Å². The molecule has 94 valence electrons. The van der Waals surface area contributed by atoms with Crippen molar-refractivity contribution in [2.24, 2.45) is 5.73 Å². The van der Waals surface area contributed by atoms with Gasteiger partial charge in [0, 0.05) is 17.6 Å². The minimum atomic E-state index is -0.146. The van der Waals surface area contributed by atoms with Crippen LogP contribution in [0.3, 0.4) is 0 Å². The number of nitrogens with zero attached hydrogens (tertiary/aromatic N) is 1. The Kier molecular flexibility index (Phi) is 3.89. The Morgan fingerprint density at radius 2 is 2.17 bits per heavy atom. The number of aromatic nitrogens is 1. The molecule has 0 spiro atoms. The van der Waals surface area contributed by atoms with Gasteiger partial charge in [-0.2, -0.15) is 0 Å². The van der Waals surface area contributed by atoms with Crippen LogP contribution in [0.4, 0.5) is 0 Å². The van der Waals surface area contributed by atoms with E-state index in [0.29, 0.717) is 12.2 Å². The smallest absolute Gasteiger partial charge is 0.270 e. The minimum Gasteiger partial charge on any atom is -0.348 e. The Balaban J connectivity index is 2.28. The van der Waals surface area contributed by atoms with E-state index in [9.17, 15) is 4.79 Å². The fourth-order valence-electron chi connectivity index (χ4n) is 1.91. The van der Waals surface area contributed by atoms with E-state index < -0.39 is 0 Å². The van der Waals surface area contributed by atoms with Crippen LogP contribution in [0.15, 0.2) is 36.5 Å². The van der Waals surface area contributed by atoms with Crippen LogP contribution in [0.5, 0.6) is 0 Å². The van der Waals surface area contributed by atoms with E-state index in [1.807, 2.05) is 37.3 Å². The molecule has 1 atom stereocenters. The Hall–Kier alpha value is -1.94. The second-order valence-corrected chi connectivity index (χ2v) is 4.33. The van der Waals surface area contributed by atoms with Crippen LogP contribution in [-0.4, -0.2) is 23.5 Å². The standard InChI is InChI=1S/C14H17N3O/c1-10(6-8-15)17-14(18)13-12-5-3-2-4-11(12)7-9-16-13/h2-5,7,9-10H,6,8,15H2,1H3,(H,17,18). The number of fused-ring (bicyclic) bond motifs is 1. The topological polar surface area (TPSA) is 68.0 Å². The molecule has 3 N–H and O–H groups in total. The monoisotopic (exact) mass is 243 g/mol. The highest BCUT2D eigenvalue weighted by Crippen LogP contribution is 2.16. The molecule has 18 heavy (non-hydrogen) atoms. The molecular formula is C14H17N3O. The number of hydrogen-bond acceptors (Lipinski definition) is 3. The van der Waals surface area contributed by atoms with E-state index in [2.05, 4.69) is 10.3 Å². The van der Waals surface area contributed by atoms with Crippen LogP contribution in [0.25, 0.3) is 10.8 Å². The molecule has 1 aromatic heterocycles. The maximum absolute atomic E-state index is 12.1. The maximum Gasteiger partial charge on any atom is 0.270 e. The van der Waals surface area contributed by atoms with Crippen LogP contribution < -0.4 is 11.1 Å². The Morgan fingerprint density at radius 1 is 1.39 bits per heavy atom. The second kappa shape index (κ2) is 5.60. The quantitative estimate of drug-likeness (QED) is 0.858. The van der Waals surface area contributed by atoms with Crippen molar-refractivity contribution in [3.8, 4) is 0 Å². The van der Waals surface area contributed by atoms with Crippen molar-refractivity contribution < 1.29 is 4.79 Å². The summed E-state index contributed by atoms with van der Waals surface area (Å²) < 4.78 is 0.